The second-order valence-electron chi connectivity index (χ2n) is 6.64. The molecule has 1 aromatic carbocycles. The van der Waals surface area contributed by atoms with Gasteiger partial charge in [-0.05, 0) is 43.9 Å². The fraction of sp³-hybridized carbons (Fsp3) is 0.588. The molecular weight excluding hydrogens is 345 g/mol. The molecule has 2 aliphatic rings. The summed E-state index contributed by atoms with van der Waals surface area (Å²) >= 11 is 0. The van der Waals surface area contributed by atoms with Crippen LogP contribution >= 0.6 is 0 Å². The fourth-order valence-corrected chi connectivity index (χ4v) is 5.30. The Morgan fingerprint density at radius 1 is 1.16 bits per heavy atom. The number of carbonyl (C=O) groups is 1. The van der Waals surface area contributed by atoms with Crippen molar-refractivity contribution in [3.63, 3.8) is 0 Å². The third kappa shape index (κ3) is 3.56. The van der Waals surface area contributed by atoms with Gasteiger partial charge in [-0.25, -0.2) is 12.8 Å². The van der Waals surface area contributed by atoms with Crippen LogP contribution in [0.15, 0.2) is 23.1 Å². The molecule has 1 unspecified atom stereocenters. The van der Waals surface area contributed by atoms with Crippen LogP contribution in [-0.4, -0.2) is 55.8 Å². The van der Waals surface area contributed by atoms with Gasteiger partial charge in [-0.3, -0.25) is 4.79 Å². The van der Waals surface area contributed by atoms with Gasteiger partial charge in [-0.2, -0.15) is 4.31 Å². The number of hydrogen-bond donors (Lipinski definition) is 1. The third-order valence-electron chi connectivity index (χ3n) is 5.02. The van der Waals surface area contributed by atoms with E-state index in [1.165, 1.54) is 16.4 Å². The van der Waals surface area contributed by atoms with E-state index in [0.29, 0.717) is 26.1 Å². The predicted octanol–water partition coefficient (Wildman–Crippen LogP) is 1.56. The Morgan fingerprint density at radius 3 is 2.48 bits per heavy atom. The van der Waals surface area contributed by atoms with Crippen LogP contribution in [0.25, 0.3) is 0 Å². The van der Waals surface area contributed by atoms with Crippen molar-refractivity contribution >= 4 is 15.9 Å². The van der Waals surface area contributed by atoms with E-state index in [-0.39, 0.29) is 29.0 Å². The number of piperidine rings is 1. The molecule has 2 saturated heterocycles. The monoisotopic (exact) mass is 369 g/mol. The van der Waals surface area contributed by atoms with E-state index in [0.717, 1.165) is 31.7 Å². The lowest BCUT2D eigenvalue weighted by atomic mass is 10.1. The first-order chi connectivity index (χ1) is 11.9. The van der Waals surface area contributed by atoms with Crippen molar-refractivity contribution in [3.8, 4) is 0 Å². The standard InChI is InChI=1S/C17H24FN3O3S/c18-16-11-14(6-7-15(16)17(22)20-8-3-4-9-20)25(23,24)21-10-2-1-5-13(21)12-19/h6-7,11,13H,1-5,8-10,12,19H2. The lowest BCUT2D eigenvalue weighted by molar-refractivity contribution is 0.0788. The molecule has 6 nitrogen and oxygen atoms in total. The van der Waals surface area contributed by atoms with Crippen molar-refractivity contribution in [2.45, 2.75) is 43.0 Å². The quantitative estimate of drug-likeness (QED) is 0.873. The van der Waals surface area contributed by atoms with Gasteiger partial charge in [0.2, 0.25) is 10.0 Å². The molecule has 2 heterocycles. The number of amides is 1. The van der Waals surface area contributed by atoms with E-state index < -0.39 is 15.8 Å². The van der Waals surface area contributed by atoms with Crippen LogP contribution < -0.4 is 5.73 Å². The van der Waals surface area contributed by atoms with Crippen LogP contribution in [-0.2, 0) is 10.0 Å². The van der Waals surface area contributed by atoms with Gasteiger partial charge >= 0.3 is 0 Å². The maximum absolute atomic E-state index is 14.5. The van der Waals surface area contributed by atoms with Crippen molar-refractivity contribution in [1.29, 1.82) is 0 Å². The maximum atomic E-state index is 14.5. The van der Waals surface area contributed by atoms with E-state index in [9.17, 15) is 17.6 Å². The lowest BCUT2D eigenvalue weighted by Crippen LogP contribution is -2.47. The minimum absolute atomic E-state index is 0.0742. The van der Waals surface area contributed by atoms with Crippen molar-refractivity contribution in [3.05, 3.63) is 29.6 Å². The number of hydrogen-bond acceptors (Lipinski definition) is 4. The summed E-state index contributed by atoms with van der Waals surface area (Å²) in [6.07, 6.45) is 4.24. The number of rotatable bonds is 4. The largest absolute Gasteiger partial charge is 0.339 e. The Labute approximate surface area is 147 Å². The van der Waals surface area contributed by atoms with Crippen LogP contribution in [0.2, 0.25) is 0 Å². The highest BCUT2D eigenvalue weighted by Gasteiger charge is 2.33. The third-order valence-corrected chi connectivity index (χ3v) is 6.96. The van der Waals surface area contributed by atoms with Crippen molar-refractivity contribution < 1.29 is 17.6 Å². The molecule has 2 aliphatic heterocycles. The summed E-state index contributed by atoms with van der Waals surface area (Å²) in [5.41, 5.74) is 5.63. The maximum Gasteiger partial charge on any atom is 0.256 e. The highest BCUT2D eigenvalue weighted by atomic mass is 32.2. The number of nitrogens with two attached hydrogens (primary N) is 1. The Balaban J connectivity index is 1.87. The van der Waals surface area contributed by atoms with Crippen LogP contribution in [0.4, 0.5) is 4.39 Å². The predicted molar refractivity (Wildman–Crippen MR) is 92.1 cm³/mol. The van der Waals surface area contributed by atoms with Crippen LogP contribution in [0.5, 0.6) is 0 Å². The average Bonchev–Trinajstić information content (AvgIpc) is 3.15. The van der Waals surface area contributed by atoms with Gasteiger partial charge in [0.1, 0.15) is 5.82 Å². The SMILES string of the molecule is NCC1CCCCN1S(=O)(=O)c1ccc(C(=O)N2CCCC2)c(F)c1. The molecule has 0 aromatic heterocycles. The molecule has 1 amide bonds. The Kier molecular flexibility index (Phi) is 5.41. The molecule has 1 aromatic rings. The summed E-state index contributed by atoms with van der Waals surface area (Å²) in [7, 11) is -3.82. The van der Waals surface area contributed by atoms with Crippen molar-refractivity contribution in [2.75, 3.05) is 26.2 Å². The normalized spacial score (nSPS) is 22.3. The van der Waals surface area contributed by atoms with Gasteiger partial charge in [0.15, 0.2) is 0 Å². The van der Waals surface area contributed by atoms with E-state index >= 15 is 0 Å². The average molecular weight is 369 g/mol. The molecule has 1 atom stereocenters. The first-order valence-electron chi connectivity index (χ1n) is 8.76. The van der Waals surface area contributed by atoms with E-state index in [4.69, 9.17) is 5.73 Å². The van der Waals surface area contributed by atoms with E-state index in [1.807, 2.05) is 0 Å². The topological polar surface area (TPSA) is 83.7 Å². The minimum Gasteiger partial charge on any atom is -0.339 e. The number of halogens is 1. The molecule has 8 heteroatoms. The fourth-order valence-electron chi connectivity index (χ4n) is 3.58. The van der Waals surface area contributed by atoms with Crippen molar-refractivity contribution in [1.82, 2.24) is 9.21 Å². The molecule has 0 saturated carbocycles. The summed E-state index contributed by atoms with van der Waals surface area (Å²) in [6.45, 7) is 1.86. The van der Waals surface area contributed by atoms with Gasteiger partial charge in [-0.1, -0.05) is 6.42 Å². The molecule has 138 valence electrons. The van der Waals surface area contributed by atoms with Gasteiger partial charge in [-0.15, -0.1) is 0 Å². The zero-order chi connectivity index (χ0) is 18.0. The zero-order valence-corrected chi connectivity index (χ0v) is 15.0. The van der Waals surface area contributed by atoms with Gasteiger partial charge in [0.05, 0.1) is 10.5 Å². The van der Waals surface area contributed by atoms with Crippen molar-refractivity contribution in [2.24, 2.45) is 5.73 Å². The van der Waals surface area contributed by atoms with E-state index in [1.54, 1.807) is 4.90 Å². The summed E-state index contributed by atoms with van der Waals surface area (Å²) in [4.78, 5) is 13.8. The second kappa shape index (κ2) is 7.39. The highest BCUT2D eigenvalue weighted by Crippen LogP contribution is 2.26. The molecule has 2 fully saturated rings. The van der Waals surface area contributed by atoms with Crippen LogP contribution in [0.1, 0.15) is 42.5 Å². The number of sulfonamides is 1. The van der Waals surface area contributed by atoms with Crippen LogP contribution in [0.3, 0.4) is 0 Å². The van der Waals surface area contributed by atoms with Gasteiger partial charge in [0.25, 0.3) is 5.91 Å². The highest BCUT2D eigenvalue weighted by molar-refractivity contribution is 7.89. The first kappa shape index (κ1) is 18.3. The Hall–Kier alpha value is -1.51. The summed E-state index contributed by atoms with van der Waals surface area (Å²) in [5.74, 6) is -1.17. The number of benzene rings is 1. The van der Waals surface area contributed by atoms with E-state index in [2.05, 4.69) is 0 Å². The smallest absolute Gasteiger partial charge is 0.256 e. The lowest BCUT2D eigenvalue weighted by Gasteiger charge is -2.33. The number of nitrogens with zero attached hydrogens (tertiary/aromatic N) is 2. The summed E-state index contributed by atoms with van der Waals surface area (Å²) in [6, 6.07) is 3.31. The summed E-state index contributed by atoms with van der Waals surface area (Å²) in [5, 5.41) is 0. The minimum atomic E-state index is -3.82. The molecular formula is C17H24FN3O3S. The second-order valence-corrected chi connectivity index (χ2v) is 8.53. The molecule has 3 rings (SSSR count). The van der Waals surface area contributed by atoms with Crippen LogP contribution in [0, 0.1) is 5.82 Å². The molecule has 25 heavy (non-hydrogen) atoms. The zero-order valence-electron chi connectivity index (χ0n) is 14.2. The molecule has 2 N–H and O–H groups in total. The van der Waals surface area contributed by atoms with Gasteiger partial charge < -0.3 is 10.6 Å². The summed E-state index contributed by atoms with van der Waals surface area (Å²) < 4.78 is 41.6. The first-order valence-corrected chi connectivity index (χ1v) is 10.2. The number of likely N-dealkylation sites (tertiary alicyclic amines) is 1. The molecule has 0 radical (unpaired) electrons. The number of carbonyl (C=O) groups excluding carboxylic acids is 1. The molecule has 0 bridgehead atoms. The Morgan fingerprint density at radius 2 is 1.84 bits per heavy atom. The Bertz CT molecular complexity index is 748. The molecule has 0 aliphatic carbocycles. The van der Waals surface area contributed by atoms with Gasteiger partial charge in [0, 0.05) is 32.2 Å². The molecule has 0 spiro atoms.